The average molecular weight is 271 g/mol. The van der Waals surface area contributed by atoms with Crippen LogP contribution in [0.3, 0.4) is 0 Å². The molecule has 0 amide bonds. The van der Waals surface area contributed by atoms with Crippen LogP contribution in [0.4, 0.5) is 5.69 Å². The first-order valence-corrected chi connectivity index (χ1v) is 6.24. The van der Waals surface area contributed by atoms with Gasteiger partial charge in [0.15, 0.2) is 0 Å². The Morgan fingerprint density at radius 1 is 1.45 bits per heavy atom. The minimum Gasteiger partial charge on any atom is -0.258 e. The number of aromatic nitrogens is 3. The fraction of sp³-hybridized carbons (Fsp3) is 0.308. The molecule has 7 nitrogen and oxygen atoms in total. The van der Waals surface area contributed by atoms with Crippen LogP contribution in [-0.4, -0.2) is 19.7 Å². The molecule has 0 spiro atoms. The van der Waals surface area contributed by atoms with Crippen molar-refractivity contribution in [2.24, 2.45) is 0 Å². The number of aryl methyl sites for hydroxylation is 2. The largest absolute Gasteiger partial charge is 0.331 e. The molecule has 20 heavy (non-hydrogen) atoms. The Morgan fingerprint density at radius 3 is 2.75 bits per heavy atom. The lowest BCUT2D eigenvalue weighted by Gasteiger charge is -2.06. The number of nitrogens with zero attached hydrogens (tertiary/aromatic N) is 5. The summed E-state index contributed by atoms with van der Waals surface area (Å²) >= 11 is 0. The Balaban J connectivity index is 2.73. The molecule has 7 heteroatoms. The predicted molar refractivity (Wildman–Crippen MR) is 71.5 cm³/mol. The lowest BCUT2D eigenvalue weighted by Crippen LogP contribution is -2.09. The highest BCUT2D eigenvalue weighted by Gasteiger charge is 2.24. The summed E-state index contributed by atoms with van der Waals surface area (Å²) in [6, 6.07) is 5.05. The maximum atomic E-state index is 11.2. The molecule has 0 fully saturated rings. The van der Waals surface area contributed by atoms with Crippen molar-refractivity contribution in [2.75, 3.05) is 0 Å². The van der Waals surface area contributed by atoms with E-state index < -0.39 is 4.92 Å². The summed E-state index contributed by atoms with van der Waals surface area (Å²) in [5.74, 6) is 0.0885. The van der Waals surface area contributed by atoms with Crippen molar-refractivity contribution in [2.45, 2.75) is 26.7 Å². The van der Waals surface area contributed by atoms with Crippen LogP contribution in [0.15, 0.2) is 18.3 Å². The number of hydrogen-bond acceptors (Lipinski definition) is 5. The second-order valence-corrected chi connectivity index (χ2v) is 4.15. The van der Waals surface area contributed by atoms with E-state index in [1.807, 2.05) is 26.0 Å². The minimum atomic E-state index is -0.590. The Hall–Kier alpha value is -2.75. The molecule has 102 valence electrons. The van der Waals surface area contributed by atoms with Crippen LogP contribution in [0, 0.1) is 21.4 Å². The van der Waals surface area contributed by atoms with E-state index in [0.717, 1.165) is 17.8 Å². The molecule has 0 aromatic carbocycles. The van der Waals surface area contributed by atoms with Gasteiger partial charge in [-0.2, -0.15) is 10.4 Å². The lowest BCUT2D eigenvalue weighted by molar-refractivity contribution is -0.385. The van der Waals surface area contributed by atoms with Crippen LogP contribution in [0.5, 0.6) is 0 Å². The lowest BCUT2D eigenvalue weighted by atomic mass is 10.2. The second-order valence-electron chi connectivity index (χ2n) is 4.15. The third-order valence-electron chi connectivity index (χ3n) is 2.97. The fourth-order valence-corrected chi connectivity index (χ4v) is 1.95. The standard InChI is InChI=1S/C13H13N5O2/c1-3-10-7-11(4-2)17(16-10)13-12(18(19)20)9(8-14)5-6-15-13/h5-7H,3-4H2,1-2H3. The van der Waals surface area contributed by atoms with Gasteiger partial charge in [0, 0.05) is 11.9 Å². The third kappa shape index (κ3) is 2.23. The molecule has 2 aromatic rings. The number of hydrogen-bond donors (Lipinski definition) is 0. The molecule has 2 heterocycles. The zero-order chi connectivity index (χ0) is 14.7. The van der Waals surface area contributed by atoms with E-state index in [0.29, 0.717) is 6.42 Å². The molecule has 0 atom stereocenters. The van der Waals surface area contributed by atoms with Crippen molar-refractivity contribution in [3.63, 3.8) is 0 Å². The monoisotopic (exact) mass is 271 g/mol. The molecule has 0 aliphatic heterocycles. The molecule has 2 aromatic heterocycles. The Kier molecular flexibility index (Phi) is 3.75. The molecule has 0 saturated carbocycles. The van der Waals surface area contributed by atoms with Gasteiger partial charge in [0.1, 0.15) is 11.6 Å². The number of rotatable bonds is 4. The maximum Gasteiger partial charge on any atom is 0.331 e. The van der Waals surface area contributed by atoms with Crippen LogP contribution in [0.2, 0.25) is 0 Å². The van der Waals surface area contributed by atoms with Crippen LogP contribution in [-0.2, 0) is 12.8 Å². The number of nitro groups is 1. The first-order chi connectivity index (χ1) is 9.62. The highest BCUT2D eigenvalue weighted by atomic mass is 16.6. The van der Waals surface area contributed by atoms with Crippen LogP contribution in [0.25, 0.3) is 5.82 Å². The zero-order valence-corrected chi connectivity index (χ0v) is 11.2. The van der Waals surface area contributed by atoms with Crippen molar-refractivity contribution >= 4 is 5.69 Å². The highest BCUT2D eigenvalue weighted by molar-refractivity contribution is 5.58. The van der Waals surface area contributed by atoms with Gasteiger partial charge in [-0.25, -0.2) is 9.67 Å². The molecular formula is C13H13N5O2. The summed E-state index contributed by atoms with van der Waals surface area (Å²) in [5, 5.41) is 24.6. The van der Waals surface area contributed by atoms with Crippen LogP contribution >= 0.6 is 0 Å². The van der Waals surface area contributed by atoms with Crippen molar-refractivity contribution in [1.29, 1.82) is 5.26 Å². The van der Waals surface area contributed by atoms with Crippen LogP contribution < -0.4 is 0 Å². The summed E-state index contributed by atoms with van der Waals surface area (Å²) in [6.07, 6.45) is 2.78. The topological polar surface area (TPSA) is 97.6 Å². The normalized spacial score (nSPS) is 10.2. The quantitative estimate of drug-likeness (QED) is 0.627. The SMILES string of the molecule is CCc1cc(CC)n(-c2nccc(C#N)c2[N+](=O)[O-])n1. The summed E-state index contributed by atoms with van der Waals surface area (Å²) in [4.78, 5) is 14.7. The van der Waals surface area contributed by atoms with Crippen molar-refractivity contribution < 1.29 is 4.92 Å². The van der Waals surface area contributed by atoms with Gasteiger partial charge in [-0.3, -0.25) is 10.1 Å². The average Bonchev–Trinajstić information content (AvgIpc) is 2.89. The minimum absolute atomic E-state index is 0.0180. The highest BCUT2D eigenvalue weighted by Crippen LogP contribution is 2.25. The van der Waals surface area contributed by atoms with Gasteiger partial charge in [-0.05, 0) is 25.0 Å². The van der Waals surface area contributed by atoms with Gasteiger partial charge in [-0.15, -0.1) is 0 Å². The van der Waals surface area contributed by atoms with E-state index >= 15 is 0 Å². The first kappa shape index (κ1) is 13.7. The maximum absolute atomic E-state index is 11.2. The van der Waals surface area contributed by atoms with E-state index in [2.05, 4.69) is 10.1 Å². The molecule has 2 rings (SSSR count). The van der Waals surface area contributed by atoms with Gasteiger partial charge in [-0.1, -0.05) is 13.8 Å². The third-order valence-corrected chi connectivity index (χ3v) is 2.97. The second kappa shape index (κ2) is 5.48. The first-order valence-electron chi connectivity index (χ1n) is 6.24. The molecule has 0 aliphatic carbocycles. The van der Waals surface area contributed by atoms with E-state index in [1.165, 1.54) is 16.9 Å². The molecule has 0 N–H and O–H groups in total. The predicted octanol–water partition coefficient (Wildman–Crippen LogP) is 2.17. The number of pyridine rings is 1. The van der Waals surface area contributed by atoms with Crippen molar-refractivity contribution in [3.05, 3.63) is 45.4 Å². The van der Waals surface area contributed by atoms with Gasteiger partial charge < -0.3 is 0 Å². The Bertz CT molecular complexity index is 699. The van der Waals surface area contributed by atoms with Gasteiger partial charge >= 0.3 is 5.69 Å². The molecular weight excluding hydrogens is 258 g/mol. The van der Waals surface area contributed by atoms with Gasteiger partial charge in [0.25, 0.3) is 0 Å². The summed E-state index contributed by atoms with van der Waals surface area (Å²) in [5.41, 5.74) is 1.33. The molecule has 0 radical (unpaired) electrons. The smallest absolute Gasteiger partial charge is 0.258 e. The summed E-state index contributed by atoms with van der Waals surface area (Å²) < 4.78 is 1.46. The van der Waals surface area contributed by atoms with E-state index in [9.17, 15) is 10.1 Å². The van der Waals surface area contributed by atoms with Gasteiger partial charge in [0.05, 0.1) is 10.6 Å². The van der Waals surface area contributed by atoms with Crippen molar-refractivity contribution in [1.82, 2.24) is 14.8 Å². The van der Waals surface area contributed by atoms with Crippen LogP contribution in [0.1, 0.15) is 30.8 Å². The molecule has 0 saturated heterocycles. The zero-order valence-electron chi connectivity index (χ0n) is 11.2. The summed E-state index contributed by atoms with van der Waals surface area (Å²) in [7, 11) is 0. The number of nitriles is 1. The van der Waals surface area contributed by atoms with E-state index in [4.69, 9.17) is 5.26 Å². The fourth-order valence-electron chi connectivity index (χ4n) is 1.95. The van der Waals surface area contributed by atoms with Crippen molar-refractivity contribution in [3.8, 4) is 11.9 Å². The van der Waals surface area contributed by atoms with Gasteiger partial charge in [0.2, 0.25) is 5.82 Å². The molecule has 0 aliphatic rings. The molecule has 0 unspecified atom stereocenters. The summed E-state index contributed by atoms with van der Waals surface area (Å²) in [6.45, 7) is 3.90. The van der Waals surface area contributed by atoms with E-state index in [1.54, 1.807) is 0 Å². The molecule has 0 bridgehead atoms. The Labute approximate surface area is 115 Å². The Morgan fingerprint density at radius 2 is 2.20 bits per heavy atom. The van der Waals surface area contributed by atoms with E-state index in [-0.39, 0.29) is 17.1 Å².